The Kier molecular flexibility index (Phi) is 3.58. The molecule has 0 saturated carbocycles. The zero-order valence-electron chi connectivity index (χ0n) is 8.99. The number of carbonyl (C=O) groups is 1. The number of ether oxygens (including phenoxy) is 1. The fourth-order valence-electron chi connectivity index (χ4n) is 1.33. The number of halogens is 3. The number of esters is 1. The predicted octanol–water partition coefficient (Wildman–Crippen LogP) is 3.84. The Morgan fingerprint density at radius 1 is 1.06 bits per heavy atom. The summed E-state index contributed by atoms with van der Waals surface area (Å²) in [6.07, 6.45) is 0. The molecule has 0 N–H and O–H groups in total. The minimum absolute atomic E-state index is 0.199. The van der Waals surface area contributed by atoms with Gasteiger partial charge in [-0.05, 0) is 24.3 Å². The van der Waals surface area contributed by atoms with Crippen LogP contribution in [0.1, 0.15) is 10.4 Å². The molecule has 0 heterocycles. The van der Waals surface area contributed by atoms with E-state index in [1.807, 2.05) is 0 Å². The number of carbonyl (C=O) groups excluding carboxylic acids is 1. The van der Waals surface area contributed by atoms with Gasteiger partial charge in [-0.15, -0.1) is 0 Å². The standard InChI is InChI=1S/C13H7ClF2O2/c14-10-7-12(16)11(15)6-9(10)13(17)18-8-4-2-1-3-5-8/h1-7H. The van der Waals surface area contributed by atoms with Crippen LogP contribution < -0.4 is 4.74 Å². The Bertz CT molecular complexity index is 585. The molecule has 2 rings (SSSR count). The van der Waals surface area contributed by atoms with Crippen molar-refractivity contribution < 1.29 is 18.3 Å². The molecule has 0 fully saturated rings. The van der Waals surface area contributed by atoms with Crippen molar-refractivity contribution in [3.63, 3.8) is 0 Å². The molecule has 0 bridgehead atoms. The molecule has 18 heavy (non-hydrogen) atoms. The van der Waals surface area contributed by atoms with Crippen molar-refractivity contribution in [1.82, 2.24) is 0 Å². The molecule has 0 aliphatic carbocycles. The summed E-state index contributed by atoms with van der Waals surface area (Å²) < 4.78 is 30.8. The fraction of sp³-hybridized carbons (Fsp3) is 0. The zero-order chi connectivity index (χ0) is 13.1. The van der Waals surface area contributed by atoms with Gasteiger partial charge >= 0.3 is 5.97 Å². The van der Waals surface area contributed by atoms with Gasteiger partial charge in [0.1, 0.15) is 5.75 Å². The maximum Gasteiger partial charge on any atom is 0.345 e. The highest BCUT2D eigenvalue weighted by Crippen LogP contribution is 2.22. The lowest BCUT2D eigenvalue weighted by molar-refractivity contribution is 0.0734. The first-order chi connectivity index (χ1) is 8.58. The van der Waals surface area contributed by atoms with Gasteiger partial charge in [0.25, 0.3) is 0 Å². The van der Waals surface area contributed by atoms with Crippen molar-refractivity contribution in [2.45, 2.75) is 0 Å². The summed E-state index contributed by atoms with van der Waals surface area (Å²) in [5.74, 6) is -2.82. The third-order valence-corrected chi connectivity index (χ3v) is 2.50. The quantitative estimate of drug-likeness (QED) is 0.470. The topological polar surface area (TPSA) is 26.3 Å². The number of benzene rings is 2. The van der Waals surface area contributed by atoms with Gasteiger partial charge in [-0.2, -0.15) is 0 Å². The molecule has 0 aromatic heterocycles. The first-order valence-corrected chi connectivity index (χ1v) is 5.37. The van der Waals surface area contributed by atoms with E-state index in [0.29, 0.717) is 11.8 Å². The monoisotopic (exact) mass is 268 g/mol. The number of hydrogen-bond donors (Lipinski definition) is 0. The molecule has 2 aromatic carbocycles. The molecular formula is C13H7ClF2O2. The molecule has 2 aromatic rings. The lowest BCUT2D eigenvalue weighted by atomic mass is 10.2. The summed E-state index contributed by atoms with van der Waals surface area (Å²) in [6, 6.07) is 9.67. The van der Waals surface area contributed by atoms with Crippen LogP contribution in [0.2, 0.25) is 5.02 Å². The first kappa shape index (κ1) is 12.5. The second kappa shape index (κ2) is 5.14. The highest BCUT2D eigenvalue weighted by molar-refractivity contribution is 6.33. The Labute approximate surface area is 107 Å². The average molecular weight is 269 g/mol. The van der Waals surface area contributed by atoms with E-state index < -0.39 is 17.6 Å². The molecule has 2 nitrogen and oxygen atoms in total. The maximum atomic E-state index is 13.0. The fourth-order valence-corrected chi connectivity index (χ4v) is 1.56. The van der Waals surface area contributed by atoms with Gasteiger partial charge in [-0.1, -0.05) is 29.8 Å². The molecule has 0 saturated heterocycles. The van der Waals surface area contributed by atoms with E-state index in [9.17, 15) is 13.6 Å². The predicted molar refractivity (Wildman–Crippen MR) is 62.8 cm³/mol. The maximum absolute atomic E-state index is 13.0. The van der Waals surface area contributed by atoms with Crippen molar-refractivity contribution >= 4 is 17.6 Å². The summed E-state index contributed by atoms with van der Waals surface area (Å²) in [6.45, 7) is 0. The van der Waals surface area contributed by atoms with Crippen LogP contribution in [0.15, 0.2) is 42.5 Å². The highest BCUT2D eigenvalue weighted by Gasteiger charge is 2.16. The third-order valence-electron chi connectivity index (χ3n) is 2.18. The van der Waals surface area contributed by atoms with Crippen molar-refractivity contribution in [2.24, 2.45) is 0 Å². The second-order valence-corrected chi connectivity index (χ2v) is 3.86. The first-order valence-electron chi connectivity index (χ1n) is 4.99. The minimum Gasteiger partial charge on any atom is -0.423 e. The number of para-hydroxylation sites is 1. The van der Waals surface area contributed by atoms with Crippen LogP contribution in [-0.2, 0) is 0 Å². The van der Waals surface area contributed by atoms with Crippen LogP contribution in [0.25, 0.3) is 0 Å². The molecule has 0 unspecified atom stereocenters. The lowest BCUT2D eigenvalue weighted by Crippen LogP contribution is -2.10. The SMILES string of the molecule is O=C(Oc1ccccc1)c1cc(F)c(F)cc1Cl. The molecule has 0 amide bonds. The van der Waals surface area contributed by atoms with Gasteiger partial charge < -0.3 is 4.74 Å². The lowest BCUT2D eigenvalue weighted by Gasteiger charge is -2.06. The van der Waals surface area contributed by atoms with E-state index in [1.165, 1.54) is 0 Å². The van der Waals surface area contributed by atoms with Gasteiger partial charge in [0.05, 0.1) is 10.6 Å². The minimum atomic E-state index is -1.15. The van der Waals surface area contributed by atoms with E-state index in [1.54, 1.807) is 30.3 Å². The normalized spacial score (nSPS) is 10.2. The van der Waals surface area contributed by atoms with Crippen molar-refractivity contribution in [3.05, 3.63) is 64.7 Å². The van der Waals surface area contributed by atoms with Crippen molar-refractivity contribution in [3.8, 4) is 5.75 Å². The summed E-state index contributed by atoms with van der Waals surface area (Å²) >= 11 is 5.66. The van der Waals surface area contributed by atoms with E-state index >= 15 is 0 Å². The number of hydrogen-bond acceptors (Lipinski definition) is 2. The molecule has 0 atom stereocenters. The van der Waals surface area contributed by atoms with Crippen LogP contribution in [0.4, 0.5) is 8.78 Å². The zero-order valence-corrected chi connectivity index (χ0v) is 9.75. The molecule has 5 heteroatoms. The van der Waals surface area contributed by atoms with Crippen molar-refractivity contribution in [2.75, 3.05) is 0 Å². The van der Waals surface area contributed by atoms with E-state index in [0.717, 1.165) is 6.07 Å². The Balaban J connectivity index is 2.27. The van der Waals surface area contributed by atoms with Gasteiger partial charge in [-0.3, -0.25) is 0 Å². The van der Waals surface area contributed by atoms with E-state index in [2.05, 4.69) is 0 Å². The van der Waals surface area contributed by atoms with E-state index in [-0.39, 0.29) is 10.6 Å². The smallest absolute Gasteiger partial charge is 0.345 e. The summed E-state index contributed by atoms with van der Waals surface area (Å²) in [5, 5.41) is -0.199. The Hall–Kier alpha value is -1.94. The van der Waals surface area contributed by atoms with Crippen LogP contribution in [0.5, 0.6) is 5.75 Å². The Morgan fingerprint density at radius 2 is 1.67 bits per heavy atom. The van der Waals surface area contributed by atoms with Gasteiger partial charge in [0.15, 0.2) is 11.6 Å². The summed E-state index contributed by atoms with van der Waals surface area (Å²) in [4.78, 5) is 11.7. The molecule has 0 aliphatic rings. The Morgan fingerprint density at radius 3 is 2.33 bits per heavy atom. The molecular weight excluding hydrogens is 262 g/mol. The molecule has 0 radical (unpaired) electrons. The number of rotatable bonds is 2. The average Bonchev–Trinajstić information content (AvgIpc) is 2.35. The van der Waals surface area contributed by atoms with E-state index in [4.69, 9.17) is 16.3 Å². The summed E-state index contributed by atoms with van der Waals surface area (Å²) in [7, 11) is 0. The van der Waals surface area contributed by atoms with Gasteiger partial charge in [0.2, 0.25) is 0 Å². The van der Waals surface area contributed by atoms with Crippen LogP contribution in [0, 0.1) is 11.6 Å². The summed E-state index contributed by atoms with van der Waals surface area (Å²) in [5.41, 5.74) is -0.223. The van der Waals surface area contributed by atoms with Crippen molar-refractivity contribution in [1.29, 1.82) is 0 Å². The van der Waals surface area contributed by atoms with Crippen LogP contribution >= 0.6 is 11.6 Å². The van der Waals surface area contributed by atoms with Gasteiger partial charge in [-0.25, -0.2) is 13.6 Å². The van der Waals surface area contributed by atoms with Gasteiger partial charge in [0, 0.05) is 0 Å². The molecule has 0 aliphatic heterocycles. The highest BCUT2D eigenvalue weighted by atomic mass is 35.5. The molecule has 92 valence electrons. The molecule has 0 spiro atoms. The van der Waals surface area contributed by atoms with Crippen LogP contribution in [-0.4, -0.2) is 5.97 Å². The third kappa shape index (κ3) is 2.65. The second-order valence-electron chi connectivity index (χ2n) is 3.45. The van der Waals surface area contributed by atoms with Crippen LogP contribution in [0.3, 0.4) is 0 Å². The largest absolute Gasteiger partial charge is 0.423 e.